The summed E-state index contributed by atoms with van der Waals surface area (Å²) in [6.07, 6.45) is 2.59. The number of rotatable bonds is 8. The molecular formula is C20H22FN3O7. The number of nitro benzene ring substituents is 1. The van der Waals surface area contributed by atoms with E-state index in [0.29, 0.717) is 12.8 Å². The van der Waals surface area contributed by atoms with Crippen molar-refractivity contribution in [1.82, 2.24) is 4.57 Å². The van der Waals surface area contributed by atoms with Crippen molar-refractivity contribution in [3.8, 4) is 0 Å². The van der Waals surface area contributed by atoms with Gasteiger partial charge < -0.3 is 19.7 Å². The quantitative estimate of drug-likeness (QED) is 0.366. The zero-order chi connectivity index (χ0) is 23.0. The second kappa shape index (κ2) is 8.32. The summed E-state index contributed by atoms with van der Waals surface area (Å²) in [6, 6.07) is -0.692. The molecule has 1 fully saturated rings. The van der Waals surface area contributed by atoms with Crippen LogP contribution in [0, 0.1) is 21.8 Å². The zero-order valence-corrected chi connectivity index (χ0v) is 17.2. The Morgan fingerprint density at radius 2 is 2.06 bits per heavy atom. The summed E-state index contributed by atoms with van der Waals surface area (Å²) in [5.74, 6) is -3.46. The Labute approximate surface area is 175 Å². The van der Waals surface area contributed by atoms with Crippen molar-refractivity contribution in [3.05, 3.63) is 44.0 Å². The molecule has 0 spiro atoms. The fraction of sp³-hybridized carbons (Fsp3) is 0.450. The average molecular weight is 435 g/mol. The highest BCUT2D eigenvalue weighted by molar-refractivity contribution is 5.99. The molecule has 0 bridgehead atoms. The van der Waals surface area contributed by atoms with Gasteiger partial charge in [-0.1, -0.05) is 13.8 Å². The number of aromatic nitrogens is 1. The fourth-order valence-electron chi connectivity index (χ4n) is 3.55. The summed E-state index contributed by atoms with van der Waals surface area (Å²) in [4.78, 5) is 47.6. The number of nitro groups is 1. The van der Waals surface area contributed by atoms with Crippen molar-refractivity contribution in [2.75, 3.05) is 12.4 Å². The predicted molar refractivity (Wildman–Crippen MR) is 109 cm³/mol. The molecule has 1 aliphatic rings. The lowest BCUT2D eigenvalue weighted by Crippen LogP contribution is -2.31. The molecule has 1 aromatic carbocycles. The topological polar surface area (TPSA) is 141 Å². The number of carboxylic acids is 1. The van der Waals surface area contributed by atoms with Gasteiger partial charge in [-0.3, -0.25) is 14.9 Å². The number of nitrogens with zero attached hydrogens (tertiary/aromatic N) is 2. The Kier molecular flexibility index (Phi) is 5.96. The van der Waals surface area contributed by atoms with Gasteiger partial charge in [-0.05, 0) is 31.2 Å². The van der Waals surface area contributed by atoms with Crippen molar-refractivity contribution in [2.45, 2.75) is 45.2 Å². The monoisotopic (exact) mass is 435 g/mol. The van der Waals surface area contributed by atoms with Gasteiger partial charge in [-0.2, -0.15) is 0 Å². The van der Waals surface area contributed by atoms with Crippen molar-refractivity contribution in [3.63, 3.8) is 0 Å². The van der Waals surface area contributed by atoms with Crippen LogP contribution in [0.1, 0.15) is 49.5 Å². The van der Waals surface area contributed by atoms with Gasteiger partial charge in [-0.15, -0.1) is 0 Å². The zero-order valence-electron chi connectivity index (χ0n) is 17.2. The number of carboxylic acid groups (broad SMARTS) is 1. The van der Waals surface area contributed by atoms with Gasteiger partial charge in [0.2, 0.25) is 5.43 Å². The summed E-state index contributed by atoms with van der Waals surface area (Å²) < 4.78 is 21.0. The first-order valence-electron chi connectivity index (χ1n) is 9.70. The van der Waals surface area contributed by atoms with Crippen LogP contribution in [0.15, 0.2) is 17.1 Å². The number of methoxy groups -OCH3 is 1. The molecule has 10 nitrogen and oxygen atoms in total. The first-order valence-corrected chi connectivity index (χ1v) is 9.70. The molecule has 0 saturated heterocycles. The smallest absolute Gasteiger partial charge is 0.343 e. The molecule has 2 aromatic rings. The number of carbonyl (C=O) groups excluding carboxylic acids is 1. The number of ether oxygens (including phenoxy) is 1. The molecule has 1 unspecified atom stereocenters. The highest BCUT2D eigenvalue weighted by Gasteiger charge is 2.35. The molecule has 0 amide bonds. The SMILES string of the molecule is COC(=O)c1cn(C2CC2)c2c([N+](=O)[O-])c(NC(CC(C)C)C(=O)O)c(F)cc2c1=O. The molecule has 1 saturated carbocycles. The molecule has 1 aromatic heterocycles. The second-order valence-corrected chi connectivity index (χ2v) is 7.90. The lowest BCUT2D eigenvalue weighted by Gasteiger charge is -2.20. The number of hydrogen-bond donors (Lipinski definition) is 2. The molecule has 0 radical (unpaired) electrons. The Morgan fingerprint density at radius 3 is 2.55 bits per heavy atom. The highest BCUT2D eigenvalue weighted by Crippen LogP contribution is 2.42. The van der Waals surface area contributed by atoms with Crippen LogP contribution in [0.25, 0.3) is 10.9 Å². The van der Waals surface area contributed by atoms with Crippen molar-refractivity contribution < 1.29 is 28.7 Å². The summed E-state index contributed by atoms with van der Waals surface area (Å²) in [6.45, 7) is 3.53. The summed E-state index contributed by atoms with van der Waals surface area (Å²) >= 11 is 0. The Balaban J connectivity index is 2.34. The number of halogens is 1. The average Bonchev–Trinajstić information content (AvgIpc) is 3.52. The van der Waals surface area contributed by atoms with Crippen molar-refractivity contribution >= 4 is 34.2 Å². The first kappa shape index (κ1) is 22.2. The molecule has 1 atom stereocenters. The molecule has 3 rings (SSSR count). The Bertz CT molecular complexity index is 1140. The van der Waals surface area contributed by atoms with Crippen LogP contribution in [0.2, 0.25) is 0 Å². The first-order chi connectivity index (χ1) is 14.6. The third-order valence-corrected chi connectivity index (χ3v) is 5.09. The Morgan fingerprint density at radius 1 is 1.42 bits per heavy atom. The summed E-state index contributed by atoms with van der Waals surface area (Å²) in [5, 5.41) is 23.6. The molecule has 2 N–H and O–H groups in total. The maximum absolute atomic E-state index is 15.0. The fourth-order valence-corrected chi connectivity index (χ4v) is 3.55. The van der Waals surface area contributed by atoms with Crippen LogP contribution in [0.5, 0.6) is 0 Å². The molecule has 1 heterocycles. The molecular weight excluding hydrogens is 413 g/mol. The predicted octanol–water partition coefficient (Wildman–Crippen LogP) is 3.08. The molecule has 166 valence electrons. The normalized spacial score (nSPS) is 14.5. The van der Waals surface area contributed by atoms with Crippen LogP contribution in [0.4, 0.5) is 15.8 Å². The Hall–Kier alpha value is -3.50. The van der Waals surface area contributed by atoms with E-state index < -0.39 is 45.5 Å². The highest BCUT2D eigenvalue weighted by atomic mass is 19.1. The van der Waals surface area contributed by atoms with E-state index in [1.165, 1.54) is 10.8 Å². The van der Waals surface area contributed by atoms with E-state index >= 15 is 4.39 Å². The molecule has 0 aliphatic heterocycles. The van der Waals surface area contributed by atoms with Gasteiger partial charge in [0.15, 0.2) is 11.5 Å². The van der Waals surface area contributed by atoms with E-state index in [2.05, 4.69) is 10.1 Å². The number of fused-ring (bicyclic) bond motifs is 1. The number of nitrogens with one attached hydrogen (secondary N) is 1. The van der Waals surface area contributed by atoms with Gasteiger partial charge in [0.25, 0.3) is 0 Å². The largest absolute Gasteiger partial charge is 0.480 e. The maximum atomic E-state index is 15.0. The standard InChI is InChI=1S/C20H22FN3O7/c1-9(2)6-14(19(26)27)22-15-13(21)7-11-16(17(15)24(29)30)23(10-4-5-10)8-12(18(11)25)20(28)31-3/h7-10,14,22H,4-6H2,1-3H3,(H,26,27). The number of benzene rings is 1. The lowest BCUT2D eigenvalue weighted by molar-refractivity contribution is -0.382. The van der Waals surface area contributed by atoms with Crippen LogP contribution in [-0.2, 0) is 9.53 Å². The lowest BCUT2D eigenvalue weighted by atomic mass is 10.0. The third-order valence-electron chi connectivity index (χ3n) is 5.09. The van der Waals surface area contributed by atoms with Crippen LogP contribution < -0.4 is 10.7 Å². The minimum absolute atomic E-state index is 0.0802. The second-order valence-electron chi connectivity index (χ2n) is 7.90. The van der Waals surface area contributed by atoms with Crippen molar-refractivity contribution in [1.29, 1.82) is 0 Å². The summed E-state index contributed by atoms with van der Waals surface area (Å²) in [5.41, 5.74) is -2.78. The van der Waals surface area contributed by atoms with Crippen LogP contribution >= 0.6 is 0 Å². The molecule has 11 heteroatoms. The number of pyridine rings is 1. The van der Waals surface area contributed by atoms with Crippen LogP contribution in [-0.4, -0.2) is 39.7 Å². The van der Waals surface area contributed by atoms with E-state index in [9.17, 15) is 29.6 Å². The van der Waals surface area contributed by atoms with Crippen LogP contribution in [0.3, 0.4) is 0 Å². The minimum atomic E-state index is -1.29. The van der Waals surface area contributed by atoms with Gasteiger partial charge >= 0.3 is 17.6 Å². The van der Waals surface area contributed by atoms with E-state index in [-0.39, 0.29) is 34.8 Å². The summed E-state index contributed by atoms with van der Waals surface area (Å²) in [7, 11) is 1.09. The van der Waals surface area contributed by atoms with Gasteiger partial charge in [0, 0.05) is 12.2 Å². The number of carbonyl (C=O) groups is 2. The third kappa shape index (κ3) is 4.21. The van der Waals surface area contributed by atoms with Gasteiger partial charge in [-0.25, -0.2) is 14.0 Å². The number of esters is 1. The number of hydrogen-bond acceptors (Lipinski definition) is 7. The van der Waals surface area contributed by atoms with E-state index in [1.807, 2.05) is 0 Å². The van der Waals surface area contributed by atoms with Gasteiger partial charge in [0.05, 0.1) is 17.4 Å². The molecule has 1 aliphatic carbocycles. The van der Waals surface area contributed by atoms with E-state index in [1.54, 1.807) is 13.8 Å². The van der Waals surface area contributed by atoms with Crippen molar-refractivity contribution in [2.24, 2.45) is 5.92 Å². The molecule has 31 heavy (non-hydrogen) atoms. The maximum Gasteiger partial charge on any atom is 0.343 e. The number of anilines is 1. The van der Waals surface area contributed by atoms with E-state index in [0.717, 1.165) is 13.2 Å². The minimum Gasteiger partial charge on any atom is -0.480 e. The number of aliphatic carboxylic acids is 1. The van der Waals surface area contributed by atoms with Gasteiger partial charge in [0.1, 0.15) is 17.1 Å². The van der Waals surface area contributed by atoms with E-state index in [4.69, 9.17) is 0 Å².